The van der Waals surface area contributed by atoms with Crippen LogP contribution in [0.4, 0.5) is 26.3 Å². The lowest BCUT2D eigenvalue weighted by Crippen LogP contribution is -2.53. The zero-order chi connectivity index (χ0) is 23.1. The molecule has 2 aliphatic rings. The van der Waals surface area contributed by atoms with E-state index in [1.165, 1.54) is 35.2 Å². The minimum Gasteiger partial charge on any atom is -0.369 e. The summed E-state index contributed by atoms with van der Waals surface area (Å²) in [6.45, 7) is 1.33. The molecule has 0 saturated carbocycles. The number of nitrogens with one attached hydrogen (secondary N) is 1. The predicted octanol–water partition coefficient (Wildman–Crippen LogP) is 5.42. The molecular formula is C24H25F6NO. The molecule has 0 bridgehead atoms. The fourth-order valence-electron chi connectivity index (χ4n) is 5.13. The van der Waals surface area contributed by atoms with Crippen LogP contribution in [-0.2, 0) is 24.9 Å². The molecule has 0 radical (unpaired) electrons. The Labute approximate surface area is 182 Å². The van der Waals surface area contributed by atoms with Gasteiger partial charge in [0.15, 0.2) is 0 Å². The third kappa shape index (κ3) is 4.03. The van der Waals surface area contributed by atoms with Crippen molar-refractivity contribution in [2.24, 2.45) is 5.92 Å². The molecule has 2 N–H and O–H groups in total. The van der Waals surface area contributed by atoms with Crippen molar-refractivity contribution < 1.29 is 31.4 Å². The molecule has 32 heavy (non-hydrogen) atoms. The Balaban J connectivity index is 1.58. The monoisotopic (exact) mass is 457 g/mol. The van der Waals surface area contributed by atoms with Gasteiger partial charge in [-0.2, -0.15) is 26.3 Å². The first-order valence-corrected chi connectivity index (χ1v) is 10.8. The molecule has 174 valence electrons. The van der Waals surface area contributed by atoms with Gasteiger partial charge in [-0.25, -0.2) is 0 Å². The fourth-order valence-corrected chi connectivity index (χ4v) is 5.13. The van der Waals surface area contributed by atoms with Gasteiger partial charge in [0.05, 0.1) is 0 Å². The van der Waals surface area contributed by atoms with E-state index < -0.39 is 23.5 Å². The Morgan fingerprint density at radius 2 is 1.50 bits per heavy atom. The second-order valence-corrected chi connectivity index (χ2v) is 8.82. The number of hydrogen-bond acceptors (Lipinski definition) is 2. The largest absolute Gasteiger partial charge is 0.430 e. The lowest BCUT2D eigenvalue weighted by Gasteiger charge is -2.33. The summed E-state index contributed by atoms with van der Waals surface area (Å²) in [5, 5.41) is 12.9. The first kappa shape index (κ1) is 23.1. The Hall–Kier alpha value is -2.06. The van der Waals surface area contributed by atoms with E-state index >= 15 is 0 Å². The van der Waals surface area contributed by atoms with E-state index in [4.69, 9.17) is 0 Å². The Morgan fingerprint density at radius 1 is 0.844 bits per heavy atom. The van der Waals surface area contributed by atoms with Gasteiger partial charge in [0.1, 0.15) is 0 Å². The highest BCUT2D eigenvalue weighted by Crippen LogP contribution is 2.50. The van der Waals surface area contributed by atoms with Crippen molar-refractivity contribution >= 4 is 0 Å². The smallest absolute Gasteiger partial charge is 0.369 e. The van der Waals surface area contributed by atoms with E-state index in [9.17, 15) is 31.4 Å². The molecule has 8 heteroatoms. The van der Waals surface area contributed by atoms with Crippen molar-refractivity contribution in [3.8, 4) is 0 Å². The van der Waals surface area contributed by atoms with Crippen molar-refractivity contribution in [3.63, 3.8) is 0 Å². The molecule has 2 aromatic carbocycles. The number of fused-ring (bicyclic) bond motifs is 1. The van der Waals surface area contributed by atoms with Crippen LogP contribution < -0.4 is 5.32 Å². The van der Waals surface area contributed by atoms with E-state index in [-0.39, 0.29) is 11.8 Å². The van der Waals surface area contributed by atoms with Crippen molar-refractivity contribution in [3.05, 3.63) is 70.3 Å². The predicted molar refractivity (Wildman–Crippen MR) is 108 cm³/mol. The summed E-state index contributed by atoms with van der Waals surface area (Å²) in [5.41, 5.74) is -1.41. The van der Waals surface area contributed by atoms with Crippen LogP contribution in [0.25, 0.3) is 0 Å². The van der Waals surface area contributed by atoms with Gasteiger partial charge in [0.2, 0.25) is 0 Å². The van der Waals surface area contributed by atoms with Crippen LogP contribution >= 0.6 is 0 Å². The Morgan fingerprint density at radius 3 is 2.16 bits per heavy atom. The molecule has 0 aromatic heterocycles. The molecule has 2 nitrogen and oxygen atoms in total. The normalized spacial score (nSPS) is 22.1. The summed E-state index contributed by atoms with van der Waals surface area (Å²) in [5.74, 6) is 0.145. The molecule has 0 spiro atoms. The van der Waals surface area contributed by atoms with Crippen LogP contribution in [-0.4, -0.2) is 30.5 Å². The molecule has 1 saturated heterocycles. The maximum atomic E-state index is 13.1. The average molecular weight is 457 g/mol. The number of aliphatic hydroxyl groups is 1. The first-order chi connectivity index (χ1) is 15.0. The van der Waals surface area contributed by atoms with Crippen LogP contribution in [0.5, 0.6) is 0 Å². The Kier molecular flexibility index (Phi) is 6.05. The maximum absolute atomic E-state index is 13.1. The van der Waals surface area contributed by atoms with Crippen LogP contribution in [0.3, 0.4) is 0 Å². The standard InChI is InChI=1S/C24H25F6NO/c25-23(26,27)22(32,24(28,29)30)19-10-8-16(9-11-19)21-14-31-13-18(21)12-17-6-3-5-15-4-1-2-7-20(15)17/h3,5-6,8-11,18,21,31-32H,1-2,4,7,12-14H2/t18-,21+/m1/s1. The molecule has 2 aromatic rings. The van der Waals surface area contributed by atoms with E-state index in [2.05, 4.69) is 23.5 Å². The lowest BCUT2D eigenvalue weighted by molar-refractivity contribution is -0.376. The minimum absolute atomic E-state index is 0.0339. The number of alkyl halides is 6. The zero-order valence-electron chi connectivity index (χ0n) is 17.4. The molecule has 1 aliphatic heterocycles. The quantitative estimate of drug-likeness (QED) is 0.601. The summed E-state index contributed by atoms with van der Waals surface area (Å²) in [6, 6.07) is 10.4. The van der Waals surface area contributed by atoms with Gasteiger partial charge in [-0.15, -0.1) is 0 Å². The van der Waals surface area contributed by atoms with Gasteiger partial charge < -0.3 is 10.4 Å². The van der Waals surface area contributed by atoms with Gasteiger partial charge in [0.25, 0.3) is 5.60 Å². The number of aryl methyl sites for hydroxylation is 1. The van der Waals surface area contributed by atoms with E-state index in [0.717, 1.165) is 44.4 Å². The summed E-state index contributed by atoms with van der Waals surface area (Å²) < 4.78 is 78.9. The van der Waals surface area contributed by atoms with E-state index in [0.29, 0.717) is 12.1 Å². The number of rotatable bonds is 4. The van der Waals surface area contributed by atoms with E-state index in [1.54, 1.807) is 0 Å². The summed E-state index contributed by atoms with van der Waals surface area (Å²) >= 11 is 0. The van der Waals surface area contributed by atoms with Gasteiger partial charge >= 0.3 is 12.4 Å². The van der Waals surface area contributed by atoms with Gasteiger partial charge in [-0.3, -0.25) is 0 Å². The van der Waals surface area contributed by atoms with Crippen LogP contribution in [0.15, 0.2) is 42.5 Å². The number of halogens is 6. The molecule has 1 aliphatic carbocycles. The molecule has 4 rings (SSSR count). The van der Waals surface area contributed by atoms with Crippen LogP contribution in [0.1, 0.15) is 46.6 Å². The van der Waals surface area contributed by atoms with Gasteiger partial charge in [-0.1, -0.05) is 42.5 Å². The minimum atomic E-state index is -5.88. The van der Waals surface area contributed by atoms with Gasteiger partial charge in [-0.05, 0) is 66.8 Å². The number of benzene rings is 2. The summed E-state index contributed by atoms with van der Waals surface area (Å²) in [4.78, 5) is 0. The molecule has 0 unspecified atom stereocenters. The zero-order valence-corrected chi connectivity index (χ0v) is 17.4. The lowest BCUT2D eigenvalue weighted by atomic mass is 9.80. The van der Waals surface area contributed by atoms with E-state index in [1.807, 2.05) is 0 Å². The molecule has 1 fully saturated rings. The highest BCUT2D eigenvalue weighted by atomic mass is 19.4. The second-order valence-electron chi connectivity index (χ2n) is 8.82. The first-order valence-electron chi connectivity index (χ1n) is 10.8. The maximum Gasteiger partial charge on any atom is 0.430 e. The van der Waals surface area contributed by atoms with Crippen LogP contribution in [0, 0.1) is 5.92 Å². The highest BCUT2D eigenvalue weighted by Gasteiger charge is 2.71. The highest BCUT2D eigenvalue weighted by molar-refractivity contribution is 5.38. The molecule has 0 amide bonds. The third-order valence-electron chi connectivity index (χ3n) is 6.89. The van der Waals surface area contributed by atoms with Crippen molar-refractivity contribution in [1.82, 2.24) is 5.32 Å². The number of hydrogen-bond donors (Lipinski definition) is 2. The Bertz CT molecular complexity index is 936. The summed E-state index contributed by atoms with van der Waals surface area (Å²) in [7, 11) is 0. The SMILES string of the molecule is OC(c1ccc([C@@H]2CNC[C@H]2Cc2cccc3c2CCCC3)cc1)(C(F)(F)F)C(F)(F)F. The third-order valence-corrected chi connectivity index (χ3v) is 6.89. The van der Waals surface area contributed by atoms with Crippen molar-refractivity contribution in [2.45, 2.75) is 56.0 Å². The molecule has 2 atom stereocenters. The summed E-state index contributed by atoms with van der Waals surface area (Å²) in [6.07, 6.45) is -6.51. The average Bonchev–Trinajstić information content (AvgIpc) is 3.20. The second kappa shape index (κ2) is 8.37. The van der Waals surface area contributed by atoms with Crippen molar-refractivity contribution in [2.75, 3.05) is 13.1 Å². The molecular weight excluding hydrogens is 432 g/mol. The van der Waals surface area contributed by atoms with Gasteiger partial charge in [0, 0.05) is 18.0 Å². The topological polar surface area (TPSA) is 32.3 Å². The van der Waals surface area contributed by atoms with Crippen LogP contribution in [0.2, 0.25) is 0 Å². The fraction of sp³-hybridized carbons (Fsp3) is 0.500. The van der Waals surface area contributed by atoms with Crippen molar-refractivity contribution in [1.29, 1.82) is 0 Å². The molecule has 1 heterocycles.